The molecule has 5 aromatic rings. The normalized spacial score (nSPS) is 11.5. The lowest BCUT2D eigenvalue weighted by atomic mass is 10.1. The highest BCUT2D eigenvalue weighted by molar-refractivity contribution is 6.00. The lowest BCUT2D eigenvalue weighted by Crippen LogP contribution is -1.84. The van der Waals surface area contributed by atoms with E-state index in [9.17, 15) is 0 Å². The van der Waals surface area contributed by atoms with E-state index >= 15 is 0 Å². The number of benzene rings is 2. The van der Waals surface area contributed by atoms with E-state index in [-0.39, 0.29) is 0 Å². The third kappa shape index (κ3) is 1.72. The third-order valence-corrected chi connectivity index (χ3v) is 3.99. The number of nitrogens with one attached hydrogen (secondary N) is 2. The highest BCUT2D eigenvalue weighted by Gasteiger charge is 2.20. The van der Waals surface area contributed by atoms with Gasteiger partial charge < -0.3 is 4.52 Å². The molecule has 0 radical (unpaired) electrons. The Hall–Kier alpha value is -3.41. The average Bonchev–Trinajstić information content (AvgIpc) is 3.31. The molecule has 0 saturated carbocycles. The van der Waals surface area contributed by atoms with Crippen molar-refractivity contribution >= 4 is 21.8 Å². The number of H-pyrrole nitrogens is 2. The molecular weight excluding hydrogens is 290 g/mol. The lowest BCUT2D eigenvalue weighted by Gasteiger charge is -1.97. The summed E-state index contributed by atoms with van der Waals surface area (Å²) in [6.07, 6.45) is 1.61. The first-order valence-corrected chi connectivity index (χ1v) is 7.23. The minimum Gasteiger partial charge on any atom is -0.363 e. The maximum atomic E-state index is 5.23. The monoisotopic (exact) mass is 301 g/mol. The van der Waals surface area contributed by atoms with Gasteiger partial charge in [-0.1, -0.05) is 41.6 Å². The van der Waals surface area contributed by atoms with Gasteiger partial charge in [-0.15, -0.1) is 0 Å². The Labute approximate surface area is 130 Å². The van der Waals surface area contributed by atoms with Gasteiger partial charge in [0.2, 0.25) is 0 Å². The molecule has 0 fully saturated rings. The summed E-state index contributed by atoms with van der Waals surface area (Å²) in [6.45, 7) is 0. The van der Waals surface area contributed by atoms with Crippen LogP contribution in [0.3, 0.4) is 0 Å². The lowest BCUT2D eigenvalue weighted by molar-refractivity contribution is 0.422. The number of hydrogen-bond donors (Lipinski definition) is 2. The Balaban J connectivity index is 1.77. The van der Waals surface area contributed by atoms with Gasteiger partial charge in [0.25, 0.3) is 0 Å². The van der Waals surface area contributed by atoms with Crippen molar-refractivity contribution in [3.8, 4) is 22.6 Å². The molecule has 6 heteroatoms. The Morgan fingerprint density at radius 2 is 1.30 bits per heavy atom. The number of hydrogen-bond acceptors (Lipinski definition) is 4. The maximum Gasteiger partial charge on any atom is 0.144 e. The van der Waals surface area contributed by atoms with E-state index in [1.807, 2.05) is 48.5 Å². The Bertz CT molecular complexity index is 1050. The van der Waals surface area contributed by atoms with Gasteiger partial charge in [0.05, 0.1) is 16.6 Å². The minimum atomic E-state index is 0.680. The maximum absolute atomic E-state index is 5.23. The summed E-state index contributed by atoms with van der Waals surface area (Å²) in [4.78, 5) is 0. The van der Waals surface area contributed by atoms with E-state index in [1.165, 1.54) is 0 Å². The summed E-state index contributed by atoms with van der Waals surface area (Å²) in [5, 5.41) is 21.1. The van der Waals surface area contributed by atoms with Crippen molar-refractivity contribution in [1.29, 1.82) is 0 Å². The molecule has 0 saturated heterocycles. The van der Waals surface area contributed by atoms with Crippen LogP contribution in [-0.2, 0) is 0 Å². The van der Waals surface area contributed by atoms with E-state index in [2.05, 4.69) is 25.6 Å². The molecule has 5 rings (SSSR count). The van der Waals surface area contributed by atoms with Crippen LogP contribution in [0.15, 0.2) is 59.3 Å². The zero-order chi connectivity index (χ0) is 15.2. The van der Waals surface area contributed by atoms with Crippen LogP contribution < -0.4 is 0 Å². The molecule has 0 aliphatic rings. The van der Waals surface area contributed by atoms with Crippen LogP contribution in [0, 0.1) is 0 Å². The number of aromatic nitrogens is 5. The van der Waals surface area contributed by atoms with Gasteiger partial charge in [0.1, 0.15) is 23.3 Å². The Morgan fingerprint density at radius 1 is 0.696 bits per heavy atom. The van der Waals surface area contributed by atoms with Crippen LogP contribution in [0.2, 0.25) is 0 Å². The molecular formula is C17H11N5O. The van der Waals surface area contributed by atoms with Crippen molar-refractivity contribution < 1.29 is 4.52 Å². The fourth-order valence-corrected chi connectivity index (χ4v) is 2.89. The van der Waals surface area contributed by atoms with Gasteiger partial charge in [-0.05, 0) is 12.1 Å². The number of fused-ring (bicyclic) bond motifs is 2. The smallest absolute Gasteiger partial charge is 0.144 e. The highest BCUT2D eigenvalue weighted by Crippen LogP contribution is 2.35. The first-order chi connectivity index (χ1) is 11.4. The van der Waals surface area contributed by atoms with Crippen molar-refractivity contribution in [3.63, 3.8) is 0 Å². The quantitative estimate of drug-likeness (QED) is 0.520. The SMILES string of the molecule is c1ccc2c(-c3conc3-c3n[nH]c4ccccc34)n[nH]c2c1. The first-order valence-electron chi connectivity index (χ1n) is 7.23. The summed E-state index contributed by atoms with van der Waals surface area (Å²) < 4.78 is 5.23. The summed E-state index contributed by atoms with van der Waals surface area (Å²) in [5.41, 5.74) is 5.00. The number of aromatic amines is 2. The van der Waals surface area contributed by atoms with E-state index < -0.39 is 0 Å². The van der Waals surface area contributed by atoms with Crippen molar-refractivity contribution in [2.75, 3.05) is 0 Å². The molecule has 2 N–H and O–H groups in total. The topological polar surface area (TPSA) is 83.4 Å². The van der Waals surface area contributed by atoms with Gasteiger partial charge in [-0.2, -0.15) is 10.2 Å². The number of para-hydroxylation sites is 2. The highest BCUT2D eigenvalue weighted by atomic mass is 16.5. The summed E-state index contributed by atoms with van der Waals surface area (Å²) in [7, 11) is 0. The van der Waals surface area contributed by atoms with Crippen LogP contribution in [0.1, 0.15) is 0 Å². The second-order valence-electron chi connectivity index (χ2n) is 5.31. The largest absolute Gasteiger partial charge is 0.363 e. The fourth-order valence-electron chi connectivity index (χ4n) is 2.89. The zero-order valence-electron chi connectivity index (χ0n) is 11.9. The standard InChI is InChI=1S/C17H11N5O/c1-3-7-13-10(5-1)15(20-18-13)12-9-23-22-17(12)16-11-6-2-4-8-14(11)19-21-16/h1-9H,(H,18,20)(H,19,21). The molecule has 110 valence electrons. The van der Waals surface area contributed by atoms with Crippen LogP contribution in [0.4, 0.5) is 0 Å². The van der Waals surface area contributed by atoms with Crippen LogP contribution >= 0.6 is 0 Å². The minimum absolute atomic E-state index is 0.680. The van der Waals surface area contributed by atoms with Crippen LogP contribution in [-0.4, -0.2) is 25.6 Å². The fraction of sp³-hybridized carbons (Fsp3) is 0. The van der Waals surface area contributed by atoms with Crippen LogP contribution in [0.25, 0.3) is 44.5 Å². The second kappa shape index (κ2) is 4.54. The van der Waals surface area contributed by atoms with Gasteiger partial charge in [-0.3, -0.25) is 10.2 Å². The van der Waals surface area contributed by atoms with Crippen molar-refractivity contribution in [2.24, 2.45) is 0 Å². The number of nitrogens with zero attached hydrogens (tertiary/aromatic N) is 3. The summed E-state index contributed by atoms with van der Waals surface area (Å²) in [6, 6.07) is 15.9. The summed E-state index contributed by atoms with van der Waals surface area (Å²) >= 11 is 0. The van der Waals surface area contributed by atoms with E-state index in [4.69, 9.17) is 4.52 Å². The summed E-state index contributed by atoms with van der Waals surface area (Å²) in [5.74, 6) is 0. The molecule has 3 aromatic heterocycles. The molecule has 0 bridgehead atoms. The molecule has 0 aliphatic heterocycles. The predicted molar refractivity (Wildman–Crippen MR) is 86.7 cm³/mol. The molecule has 0 spiro atoms. The molecule has 6 nitrogen and oxygen atoms in total. The zero-order valence-corrected chi connectivity index (χ0v) is 11.9. The van der Waals surface area contributed by atoms with Gasteiger partial charge in [0, 0.05) is 10.8 Å². The van der Waals surface area contributed by atoms with E-state index in [0.717, 1.165) is 38.8 Å². The van der Waals surface area contributed by atoms with Crippen molar-refractivity contribution in [2.45, 2.75) is 0 Å². The second-order valence-corrected chi connectivity index (χ2v) is 5.31. The predicted octanol–water partition coefficient (Wildman–Crippen LogP) is 3.76. The average molecular weight is 301 g/mol. The van der Waals surface area contributed by atoms with E-state index in [0.29, 0.717) is 5.69 Å². The van der Waals surface area contributed by atoms with Crippen LogP contribution in [0.5, 0.6) is 0 Å². The molecule has 0 unspecified atom stereocenters. The first kappa shape index (κ1) is 12.2. The van der Waals surface area contributed by atoms with Crippen molar-refractivity contribution in [3.05, 3.63) is 54.8 Å². The Kier molecular flexibility index (Phi) is 2.40. The van der Waals surface area contributed by atoms with Crippen molar-refractivity contribution in [1.82, 2.24) is 25.6 Å². The van der Waals surface area contributed by atoms with Gasteiger partial charge >= 0.3 is 0 Å². The number of rotatable bonds is 2. The van der Waals surface area contributed by atoms with E-state index in [1.54, 1.807) is 6.26 Å². The molecule has 0 aliphatic carbocycles. The third-order valence-electron chi connectivity index (χ3n) is 3.99. The molecule has 23 heavy (non-hydrogen) atoms. The molecule has 2 aromatic carbocycles. The molecule has 0 amide bonds. The van der Waals surface area contributed by atoms with Gasteiger partial charge in [0.15, 0.2) is 0 Å². The Morgan fingerprint density at radius 3 is 2.04 bits per heavy atom. The van der Waals surface area contributed by atoms with Gasteiger partial charge in [-0.25, -0.2) is 0 Å². The molecule has 0 atom stereocenters. The molecule has 3 heterocycles.